The Morgan fingerprint density at radius 2 is 1.83 bits per heavy atom. The predicted octanol–water partition coefficient (Wildman–Crippen LogP) is 7.33. The largest absolute Gasteiger partial charge is 0.325 e. The maximum atomic E-state index is 12.6. The Kier molecular flexibility index (Phi) is 7.88. The number of hydrogen-bond acceptors (Lipinski definition) is 5. The summed E-state index contributed by atoms with van der Waals surface area (Å²) in [6.07, 6.45) is 1.83. The van der Waals surface area contributed by atoms with Gasteiger partial charge in [0.15, 0.2) is 11.0 Å². The van der Waals surface area contributed by atoms with Gasteiger partial charge in [-0.05, 0) is 43.0 Å². The van der Waals surface area contributed by atoms with Crippen LogP contribution in [0.1, 0.15) is 35.8 Å². The van der Waals surface area contributed by atoms with Crippen molar-refractivity contribution >= 4 is 34.7 Å². The fourth-order valence-corrected chi connectivity index (χ4v) is 5.48. The van der Waals surface area contributed by atoms with Gasteiger partial charge in [-0.3, -0.25) is 9.36 Å². The molecule has 0 saturated carbocycles. The van der Waals surface area contributed by atoms with Gasteiger partial charge in [0.05, 0.1) is 5.75 Å². The van der Waals surface area contributed by atoms with Crippen LogP contribution in [0.25, 0.3) is 22.5 Å². The average Bonchev–Trinajstić information content (AvgIpc) is 3.42. The van der Waals surface area contributed by atoms with Gasteiger partial charge in [0.1, 0.15) is 0 Å². The molecule has 0 unspecified atom stereocenters. The first-order chi connectivity index (χ1) is 16.9. The highest BCUT2D eigenvalue weighted by molar-refractivity contribution is 7.99. The van der Waals surface area contributed by atoms with Crippen LogP contribution < -0.4 is 5.32 Å². The molecule has 5 nitrogen and oxygen atoms in total. The third-order valence-corrected chi connectivity index (χ3v) is 7.66. The molecule has 0 bridgehead atoms. The zero-order valence-electron chi connectivity index (χ0n) is 20.5. The minimum absolute atomic E-state index is 0.0753. The Balaban J connectivity index is 1.53. The molecule has 1 amide bonds. The summed E-state index contributed by atoms with van der Waals surface area (Å²) in [6, 6.07) is 16.5. The van der Waals surface area contributed by atoms with E-state index >= 15 is 0 Å². The van der Waals surface area contributed by atoms with E-state index in [-0.39, 0.29) is 11.7 Å². The van der Waals surface area contributed by atoms with Gasteiger partial charge in [-0.15, -0.1) is 28.1 Å². The molecule has 2 aromatic heterocycles. The highest BCUT2D eigenvalue weighted by Crippen LogP contribution is 2.39. The van der Waals surface area contributed by atoms with Gasteiger partial charge in [0, 0.05) is 33.6 Å². The quantitative estimate of drug-likeness (QED) is 0.192. The van der Waals surface area contributed by atoms with E-state index in [9.17, 15) is 4.79 Å². The summed E-state index contributed by atoms with van der Waals surface area (Å²) in [5, 5.41) is 14.8. The van der Waals surface area contributed by atoms with Gasteiger partial charge in [-0.2, -0.15) is 0 Å². The average molecular weight is 503 g/mol. The van der Waals surface area contributed by atoms with Crippen LogP contribution in [0.3, 0.4) is 0 Å². The number of thiophene rings is 1. The molecule has 0 aliphatic rings. The number of rotatable bonds is 9. The summed E-state index contributed by atoms with van der Waals surface area (Å²) in [4.78, 5) is 13.8. The van der Waals surface area contributed by atoms with Crippen LogP contribution in [0.4, 0.5) is 5.69 Å². The molecule has 180 valence electrons. The van der Waals surface area contributed by atoms with E-state index in [1.807, 2.05) is 22.8 Å². The number of aromatic nitrogens is 3. The molecule has 35 heavy (non-hydrogen) atoms. The number of nitrogens with one attached hydrogen (secondary N) is 1. The molecule has 2 aromatic carbocycles. The number of benzene rings is 2. The molecule has 0 atom stereocenters. The molecule has 4 rings (SSSR count). The SMILES string of the molecule is C=CCn1c(SCC(=O)Nc2ccc(C(C)C)cc2)nnc1-c1csc(C)c1-c1ccc(C)cc1. The van der Waals surface area contributed by atoms with Gasteiger partial charge < -0.3 is 5.32 Å². The van der Waals surface area contributed by atoms with Crippen molar-refractivity contribution in [3.8, 4) is 22.5 Å². The fourth-order valence-electron chi connectivity index (χ4n) is 3.87. The van der Waals surface area contributed by atoms with Crippen LogP contribution in [0.15, 0.2) is 71.7 Å². The minimum atomic E-state index is -0.0753. The number of allylic oxidation sites excluding steroid dienone is 1. The Morgan fingerprint density at radius 3 is 2.49 bits per heavy atom. The van der Waals surface area contributed by atoms with Gasteiger partial charge in [-0.25, -0.2) is 0 Å². The van der Waals surface area contributed by atoms with Gasteiger partial charge in [-0.1, -0.05) is 73.6 Å². The van der Waals surface area contributed by atoms with Gasteiger partial charge >= 0.3 is 0 Å². The van der Waals surface area contributed by atoms with Gasteiger partial charge in [0.25, 0.3) is 0 Å². The van der Waals surface area contributed by atoms with Crippen molar-refractivity contribution in [1.29, 1.82) is 0 Å². The van der Waals surface area contributed by atoms with E-state index in [0.717, 1.165) is 22.6 Å². The monoisotopic (exact) mass is 502 g/mol. The number of carbonyl (C=O) groups is 1. The molecule has 0 spiro atoms. The first-order valence-electron chi connectivity index (χ1n) is 11.6. The smallest absolute Gasteiger partial charge is 0.234 e. The lowest BCUT2D eigenvalue weighted by Gasteiger charge is -2.10. The lowest BCUT2D eigenvalue weighted by molar-refractivity contribution is -0.113. The topological polar surface area (TPSA) is 59.8 Å². The normalized spacial score (nSPS) is 11.1. The van der Waals surface area contributed by atoms with E-state index in [1.54, 1.807) is 11.3 Å². The lowest BCUT2D eigenvalue weighted by atomic mass is 10.0. The summed E-state index contributed by atoms with van der Waals surface area (Å²) in [6.45, 7) is 13.0. The maximum Gasteiger partial charge on any atom is 0.234 e. The van der Waals surface area contributed by atoms with Crippen LogP contribution in [0, 0.1) is 13.8 Å². The molecule has 0 fully saturated rings. The minimum Gasteiger partial charge on any atom is -0.325 e. The van der Waals surface area contributed by atoms with E-state index < -0.39 is 0 Å². The first-order valence-corrected chi connectivity index (χ1v) is 13.5. The van der Waals surface area contributed by atoms with Crippen molar-refractivity contribution < 1.29 is 4.79 Å². The molecule has 0 aliphatic carbocycles. The third kappa shape index (κ3) is 5.74. The Bertz CT molecular complexity index is 1320. The summed E-state index contributed by atoms with van der Waals surface area (Å²) in [5.41, 5.74) is 6.65. The van der Waals surface area contributed by atoms with Crippen molar-refractivity contribution in [3.05, 3.63) is 82.6 Å². The summed E-state index contributed by atoms with van der Waals surface area (Å²) in [7, 11) is 0. The Hall–Kier alpha value is -3.16. The second-order valence-electron chi connectivity index (χ2n) is 8.77. The van der Waals surface area contributed by atoms with Crippen LogP contribution in [0.5, 0.6) is 0 Å². The highest BCUT2D eigenvalue weighted by atomic mass is 32.2. The Labute approximate surface area is 215 Å². The van der Waals surface area contributed by atoms with Crippen LogP contribution in [-0.2, 0) is 11.3 Å². The number of thioether (sulfide) groups is 1. The first kappa shape index (κ1) is 24.9. The zero-order chi connectivity index (χ0) is 24.9. The van der Waals surface area contributed by atoms with E-state index in [1.165, 1.54) is 33.3 Å². The molecule has 0 aliphatic heterocycles. The summed E-state index contributed by atoms with van der Waals surface area (Å²) in [5.74, 6) is 1.42. The van der Waals surface area contributed by atoms with Crippen molar-refractivity contribution in [2.45, 2.75) is 45.3 Å². The molecular formula is C28H30N4OS2. The van der Waals surface area contributed by atoms with Crippen molar-refractivity contribution in [1.82, 2.24) is 14.8 Å². The van der Waals surface area contributed by atoms with E-state index in [0.29, 0.717) is 17.6 Å². The molecule has 0 saturated heterocycles. The molecule has 4 aromatic rings. The molecular weight excluding hydrogens is 472 g/mol. The number of nitrogens with zero attached hydrogens (tertiary/aromatic N) is 3. The second kappa shape index (κ2) is 11.1. The van der Waals surface area contributed by atoms with E-state index in [4.69, 9.17) is 0 Å². The van der Waals surface area contributed by atoms with E-state index in [2.05, 4.69) is 91.6 Å². The molecule has 0 radical (unpaired) electrons. The van der Waals surface area contributed by atoms with Crippen LogP contribution in [0.2, 0.25) is 0 Å². The number of hydrogen-bond donors (Lipinski definition) is 1. The molecule has 2 heterocycles. The zero-order valence-corrected chi connectivity index (χ0v) is 22.2. The number of anilines is 1. The summed E-state index contributed by atoms with van der Waals surface area (Å²) < 4.78 is 2.03. The standard InChI is InChI=1S/C28H30N4OS2/c1-6-15-32-27(24-16-34-20(5)26(24)22-9-7-19(4)8-10-22)30-31-28(32)35-17-25(33)29-23-13-11-21(12-14-23)18(2)3/h6-14,16,18H,1,15,17H2,2-5H3,(H,29,33). The number of aryl methyl sites for hydroxylation is 2. The second-order valence-corrected chi connectivity index (χ2v) is 10.8. The van der Waals surface area contributed by atoms with Crippen molar-refractivity contribution in [3.63, 3.8) is 0 Å². The predicted molar refractivity (Wildman–Crippen MR) is 148 cm³/mol. The van der Waals surface area contributed by atoms with Crippen LogP contribution >= 0.6 is 23.1 Å². The van der Waals surface area contributed by atoms with Crippen molar-refractivity contribution in [2.75, 3.05) is 11.1 Å². The number of amides is 1. The third-order valence-electron chi connectivity index (χ3n) is 5.78. The number of carbonyl (C=O) groups excluding carboxylic acids is 1. The highest BCUT2D eigenvalue weighted by Gasteiger charge is 2.20. The fraction of sp³-hybridized carbons (Fsp3) is 0.250. The Morgan fingerprint density at radius 1 is 1.11 bits per heavy atom. The van der Waals surface area contributed by atoms with Crippen molar-refractivity contribution in [2.24, 2.45) is 0 Å². The molecule has 7 heteroatoms. The van der Waals surface area contributed by atoms with Gasteiger partial charge in [0.2, 0.25) is 5.91 Å². The maximum absolute atomic E-state index is 12.6. The van der Waals surface area contributed by atoms with Crippen LogP contribution in [-0.4, -0.2) is 26.4 Å². The molecule has 1 N–H and O–H groups in total. The summed E-state index contributed by atoms with van der Waals surface area (Å²) >= 11 is 3.09. The lowest BCUT2D eigenvalue weighted by Crippen LogP contribution is -2.14.